The van der Waals surface area contributed by atoms with E-state index in [2.05, 4.69) is 5.32 Å². The third-order valence-corrected chi connectivity index (χ3v) is 4.43. The molecular weight excluding hydrogens is 224 g/mol. The van der Waals surface area contributed by atoms with Gasteiger partial charge in [-0.1, -0.05) is 0 Å². The first-order valence-corrected chi connectivity index (χ1v) is 7.07. The minimum Gasteiger partial charge on any atom is -0.368 e. The number of hydrogen-bond acceptors (Lipinski definition) is 4. The van der Waals surface area contributed by atoms with Gasteiger partial charge in [0, 0.05) is 31.7 Å². The van der Waals surface area contributed by atoms with Crippen molar-refractivity contribution in [1.82, 2.24) is 10.2 Å². The van der Waals surface area contributed by atoms with E-state index in [0.717, 1.165) is 50.5 Å². The van der Waals surface area contributed by atoms with Crippen molar-refractivity contribution in [2.45, 2.75) is 18.4 Å². The van der Waals surface area contributed by atoms with Gasteiger partial charge in [-0.25, -0.2) is 0 Å². The number of carbonyl (C=O) groups is 1. The Morgan fingerprint density at radius 1 is 1.31 bits per heavy atom. The predicted octanol–water partition coefficient (Wildman–Crippen LogP) is 0.330. The fourth-order valence-electron chi connectivity index (χ4n) is 2.39. The number of hydrogen-bond donors (Lipinski definition) is 1. The Kier molecular flexibility index (Phi) is 4.10. The van der Waals surface area contributed by atoms with Crippen LogP contribution in [0.2, 0.25) is 0 Å². The van der Waals surface area contributed by atoms with Gasteiger partial charge in [-0.05, 0) is 25.9 Å². The van der Waals surface area contributed by atoms with Gasteiger partial charge < -0.3 is 15.0 Å². The Bertz CT molecular complexity index is 248. The largest absolute Gasteiger partial charge is 0.368 e. The van der Waals surface area contributed by atoms with E-state index in [4.69, 9.17) is 4.74 Å². The molecule has 0 saturated carbocycles. The van der Waals surface area contributed by atoms with Gasteiger partial charge in [0.25, 0.3) is 5.91 Å². The average Bonchev–Trinajstić information content (AvgIpc) is 2.39. The first-order chi connectivity index (χ1) is 7.78. The molecule has 92 valence electrons. The first kappa shape index (κ1) is 12.2. The summed E-state index contributed by atoms with van der Waals surface area (Å²) in [6.07, 6.45) is 1.60. The van der Waals surface area contributed by atoms with Crippen LogP contribution in [0.4, 0.5) is 0 Å². The molecule has 2 saturated heterocycles. The number of ether oxygens (including phenoxy) is 1. The minimum atomic E-state index is -0.548. The number of nitrogens with one attached hydrogen (secondary N) is 1. The molecule has 0 spiro atoms. The van der Waals surface area contributed by atoms with Crippen molar-refractivity contribution in [1.29, 1.82) is 0 Å². The number of nitrogens with zero attached hydrogens (tertiary/aromatic N) is 1. The molecule has 2 rings (SSSR count). The van der Waals surface area contributed by atoms with Crippen LogP contribution in [0.25, 0.3) is 0 Å². The summed E-state index contributed by atoms with van der Waals surface area (Å²) in [5, 5.41) is 3.28. The molecule has 0 bridgehead atoms. The van der Waals surface area contributed by atoms with Gasteiger partial charge in [-0.2, -0.15) is 11.8 Å². The fourth-order valence-corrected chi connectivity index (χ4v) is 3.29. The molecule has 5 heteroatoms. The second kappa shape index (κ2) is 5.38. The fraction of sp³-hybridized carbons (Fsp3) is 0.909. The molecule has 0 unspecified atom stereocenters. The second-order valence-corrected chi connectivity index (χ2v) is 5.58. The van der Waals surface area contributed by atoms with Crippen molar-refractivity contribution in [3.05, 3.63) is 0 Å². The van der Waals surface area contributed by atoms with E-state index < -0.39 is 5.60 Å². The van der Waals surface area contributed by atoms with Crippen LogP contribution in [-0.2, 0) is 9.53 Å². The number of thioether (sulfide) groups is 1. The van der Waals surface area contributed by atoms with E-state index in [1.165, 1.54) is 0 Å². The minimum absolute atomic E-state index is 0.205. The number of methoxy groups -OCH3 is 1. The monoisotopic (exact) mass is 244 g/mol. The molecule has 0 atom stereocenters. The lowest BCUT2D eigenvalue weighted by Crippen LogP contribution is -2.56. The van der Waals surface area contributed by atoms with E-state index in [9.17, 15) is 4.79 Å². The number of amides is 1. The summed E-state index contributed by atoms with van der Waals surface area (Å²) in [4.78, 5) is 14.4. The van der Waals surface area contributed by atoms with E-state index in [1.807, 2.05) is 16.7 Å². The summed E-state index contributed by atoms with van der Waals surface area (Å²) >= 11 is 1.92. The van der Waals surface area contributed by atoms with E-state index in [0.29, 0.717) is 0 Å². The summed E-state index contributed by atoms with van der Waals surface area (Å²) in [7, 11) is 1.67. The van der Waals surface area contributed by atoms with E-state index >= 15 is 0 Å². The molecule has 1 N–H and O–H groups in total. The van der Waals surface area contributed by atoms with Gasteiger partial charge in [0.2, 0.25) is 0 Å². The van der Waals surface area contributed by atoms with Crippen molar-refractivity contribution in [2.75, 3.05) is 44.8 Å². The summed E-state index contributed by atoms with van der Waals surface area (Å²) < 4.78 is 5.56. The maximum absolute atomic E-state index is 12.5. The normalized spacial score (nSPS) is 25.4. The van der Waals surface area contributed by atoms with Crippen LogP contribution in [0.5, 0.6) is 0 Å². The zero-order chi connectivity index (χ0) is 11.4. The van der Waals surface area contributed by atoms with Crippen LogP contribution >= 0.6 is 11.8 Å². The maximum Gasteiger partial charge on any atom is 0.254 e. The molecule has 4 nitrogen and oxygen atoms in total. The third-order valence-electron chi connectivity index (χ3n) is 3.49. The van der Waals surface area contributed by atoms with Crippen molar-refractivity contribution in [3.63, 3.8) is 0 Å². The molecule has 2 heterocycles. The summed E-state index contributed by atoms with van der Waals surface area (Å²) in [6, 6.07) is 0. The lowest BCUT2D eigenvalue weighted by Gasteiger charge is -2.40. The zero-order valence-electron chi connectivity index (χ0n) is 9.83. The van der Waals surface area contributed by atoms with Gasteiger partial charge in [0.1, 0.15) is 5.60 Å². The molecule has 0 aliphatic carbocycles. The van der Waals surface area contributed by atoms with Gasteiger partial charge in [-0.15, -0.1) is 0 Å². The van der Waals surface area contributed by atoms with Crippen LogP contribution in [-0.4, -0.2) is 61.2 Å². The summed E-state index contributed by atoms with van der Waals surface area (Å²) in [5.74, 6) is 2.32. The number of piperidine rings is 1. The first-order valence-electron chi connectivity index (χ1n) is 5.91. The SMILES string of the molecule is COC1(C(=O)N2CCSCC2)CCNCC1. The van der Waals surface area contributed by atoms with Crippen molar-refractivity contribution in [3.8, 4) is 0 Å². The molecular formula is C11H20N2O2S. The van der Waals surface area contributed by atoms with E-state index in [-0.39, 0.29) is 5.91 Å². The molecule has 1 amide bonds. The Balaban J connectivity index is 2.04. The highest BCUT2D eigenvalue weighted by molar-refractivity contribution is 7.99. The van der Waals surface area contributed by atoms with Crippen LogP contribution in [0, 0.1) is 0 Å². The maximum atomic E-state index is 12.5. The lowest BCUT2D eigenvalue weighted by atomic mass is 9.90. The molecule has 16 heavy (non-hydrogen) atoms. The zero-order valence-corrected chi connectivity index (χ0v) is 10.6. The predicted molar refractivity (Wildman–Crippen MR) is 65.7 cm³/mol. The van der Waals surface area contributed by atoms with Crippen LogP contribution in [0.3, 0.4) is 0 Å². The highest BCUT2D eigenvalue weighted by Crippen LogP contribution is 2.26. The Labute approximate surface area is 101 Å². The number of rotatable bonds is 2. The van der Waals surface area contributed by atoms with Crippen LogP contribution < -0.4 is 5.32 Å². The quantitative estimate of drug-likeness (QED) is 0.760. The third kappa shape index (κ3) is 2.36. The van der Waals surface area contributed by atoms with Crippen LogP contribution in [0.15, 0.2) is 0 Å². The Morgan fingerprint density at radius 2 is 1.94 bits per heavy atom. The highest BCUT2D eigenvalue weighted by Gasteiger charge is 2.42. The molecule has 2 aliphatic rings. The average molecular weight is 244 g/mol. The summed E-state index contributed by atoms with van der Waals surface area (Å²) in [6.45, 7) is 3.51. The topological polar surface area (TPSA) is 41.6 Å². The molecule has 0 aromatic heterocycles. The molecule has 0 aromatic rings. The summed E-state index contributed by atoms with van der Waals surface area (Å²) in [5.41, 5.74) is -0.548. The van der Waals surface area contributed by atoms with Crippen molar-refractivity contribution < 1.29 is 9.53 Å². The Hall–Kier alpha value is -0.260. The number of carbonyl (C=O) groups excluding carboxylic acids is 1. The van der Waals surface area contributed by atoms with Gasteiger partial charge in [0.15, 0.2) is 0 Å². The van der Waals surface area contributed by atoms with Crippen molar-refractivity contribution in [2.24, 2.45) is 0 Å². The van der Waals surface area contributed by atoms with E-state index in [1.54, 1.807) is 7.11 Å². The second-order valence-electron chi connectivity index (χ2n) is 4.35. The Morgan fingerprint density at radius 3 is 2.50 bits per heavy atom. The van der Waals surface area contributed by atoms with Gasteiger partial charge >= 0.3 is 0 Å². The highest BCUT2D eigenvalue weighted by atomic mass is 32.2. The van der Waals surface area contributed by atoms with Gasteiger partial charge in [-0.3, -0.25) is 4.79 Å². The standard InChI is InChI=1S/C11H20N2O2S/c1-15-11(2-4-12-5-3-11)10(14)13-6-8-16-9-7-13/h12H,2-9H2,1H3. The van der Waals surface area contributed by atoms with Gasteiger partial charge in [0.05, 0.1) is 0 Å². The van der Waals surface area contributed by atoms with Crippen molar-refractivity contribution >= 4 is 17.7 Å². The molecule has 2 aliphatic heterocycles. The van der Waals surface area contributed by atoms with Crippen LogP contribution in [0.1, 0.15) is 12.8 Å². The molecule has 2 fully saturated rings. The molecule has 0 aromatic carbocycles. The lowest BCUT2D eigenvalue weighted by molar-refractivity contribution is -0.157. The smallest absolute Gasteiger partial charge is 0.254 e. The molecule has 0 radical (unpaired) electrons.